The highest BCUT2D eigenvalue weighted by molar-refractivity contribution is 5.94. The Bertz CT molecular complexity index is 740. The lowest BCUT2D eigenvalue weighted by atomic mass is 10.2. The lowest BCUT2D eigenvalue weighted by Gasteiger charge is -2.34. The number of hydrogen-bond acceptors (Lipinski definition) is 5. The summed E-state index contributed by atoms with van der Waals surface area (Å²) in [5.74, 6) is 0.477. The van der Waals surface area contributed by atoms with Gasteiger partial charge in [-0.05, 0) is 12.1 Å². The van der Waals surface area contributed by atoms with Crippen LogP contribution >= 0.6 is 0 Å². The fourth-order valence-corrected chi connectivity index (χ4v) is 2.78. The van der Waals surface area contributed by atoms with Gasteiger partial charge < -0.3 is 14.7 Å². The van der Waals surface area contributed by atoms with Gasteiger partial charge in [-0.25, -0.2) is 9.97 Å². The second-order valence-electron chi connectivity index (χ2n) is 5.96. The first-order chi connectivity index (χ1) is 12.1. The molecule has 1 aromatic carbocycles. The van der Waals surface area contributed by atoms with Crippen LogP contribution in [0.3, 0.4) is 0 Å². The van der Waals surface area contributed by atoms with Crippen LogP contribution in [0.1, 0.15) is 17.3 Å². The van der Waals surface area contributed by atoms with Crippen molar-refractivity contribution in [1.82, 2.24) is 19.8 Å². The Kier molecular flexibility index (Phi) is 4.92. The highest BCUT2D eigenvalue weighted by Crippen LogP contribution is 2.19. The van der Waals surface area contributed by atoms with Gasteiger partial charge in [-0.1, -0.05) is 18.2 Å². The van der Waals surface area contributed by atoms with E-state index in [0.29, 0.717) is 37.7 Å². The molecule has 2 aromatic rings. The van der Waals surface area contributed by atoms with Crippen molar-refractivity contribution >= 4 is 23.5 Å². The monoisotopic (exact) mass is 339 g/mol. The summed E-state index contributed by atoms with van der Waals surface area (Å²) >= 11 is 0. The van der Waals surface area contributed by atoms with Gasteiger partial charge in [0.05, 0.1) is 5.56 Å². The summed E-state index contributed by atoms with van der Waals surface area (Å²) in [5, 5.41) is 0. The number of carbonyl (C=O) groups is 2. The zero-order chi connectivity index (χ0) is 17.8. The van der Waals surface area contributed by atoms with Crippen LogP contribution in [0, 0.1) is 0 Å². The number of rotatable bonds is 3. The van der Waals surface area contributed by atoms with Crippen LogP contribution in [0.4, 0.5) is 11.6 Å². The van der Waals surface area contributed by atoms with E-state index in [9.17, 15) is 9.59 Å². The highest BCUT2D eigenvalue weighted by Gasteiger charge is 2.23. The van der Waals surface area contributed by atoms with E-state index < -0.39 is 0 Å². The molecule has 2 amide bonds. The van der Waals surface area contributed by atoms with Crippen molar-refractivity contribution in [2.45, 2.75) is 6.92 Å². The van der Waals surface area contributed by atoms with E-state index >= 15 is 0 Å². The molecule has 0 spiro atoms. The third kappa shape index (κ3) is 3.76. The van der Waals surface area contributed by atoms with Gasteiger partial charge >= 0.3 is 0 Å². The molecule has 0 radical (unpaired) electrons. The molecule has 3 rings (SSSR count). The van der Waals surface area contributed by atoms with Gasteiger partial charge in [0.25, 0.3) is 5.91 Å². The molecule has 1 aromatic heterocycles. The number of amides is 2. The minimum atomic E-state index is -0.0999. The Morgan fingerprint density at radius 2 is 1.52 bits per heavy atom. The molecular weight excluding hydrogens is 318 g/mol. The van der Waals surface area contributed by atoms with Crippen molar-refractivity contribution in [1.29, 1.82) is 0 Å². The quantitative estimate of drug-likeness (QED) is 0.848. The van der Waals surface area contributed by atoms with E-state index in [-0.39, 0.29) is 11.8 Å². The van der Waals surface area contributed by atoms with Crippen molar-refractivity contribution in [2.24, 2.45) is 0 Å². The maximum absolute atomic E-state index is 12.6. The minimum absolute atomic E-state index is 0.0451. The van der Waals surface area contributed by atoms with Crippen LogP contribution in [0.2, 0.25) is 0 Å². The van der Waals surface area contributed by atoms with E-state index in [4.69, 9.17) is 0 Å². The summed E-state index contributed by atoms with van der Waals surface area (Å²) in [4.78, 5) is 37.9. The zero-order valence-electron chi connectivity index (χ0n) is 14.4. The van der Waals surface area contributed by atoms with E-state index in [1.54, 1.807) is 29.1 Å². The standard InChI is InChI=1S/C18H21N5O2/c1-14(24)22-8-10-23(11-9-22)17(25)15-12-19-18(20-13-15)21(2)16-6-4-3-5-7-16/h3-7,12-13H,8-11H2,1-2H3. The van der Waals surface area contributed by atoms with Crippen LogP contribution in [-0.2, 0) is 4.79 Å². The lowest BCUT2D eigenvalue weighted by molar-refractivity contribution is -0.130. The van der Waals surface area contributed by atoms with E-state index in [2.05, 4.69) is 9.97 Å². The Morgan fingerprint density at radius 1 is 0.960 bits per heavy atom. The molecular formula is C18H21N5O2. The molecule has 2 heterocycles. The van der Waals surface area contributed by atoms with Gasteiger partial charge in [0.1, 0.15) is 0 Å². The molecule has 0 N–H and O–H groups in total. The fraction of sp³-hybridized carbons (Fsp3) is 0.333. The number of anilines is 2. The first-order valence-electron chi connectivity index (χ1n) is 8.22. The molecule has 1 aliphatic heterocycles. The number of nitrogens with zero attached hydrogens (tertiary/aromatic N) is 5. The Labute approximate surface area is 146 Å². The highest BCUT2D eigenvalue weighted by atomic mass is 16.2. The SMILES string of the molecule is CC(=O)N1CCN(C(=O)c2cnc(N(C)c3ccccc3)nc2)CC1. The maximum Gasteiger partial charge on any atom is 0.257 e. The normalized spacial score (nSPS) is 14.3. The Hall–Kier alpha value is -2.96. The molecule has 7 heteroatoms. The molecule has 130 valence electrons. The largest absolute Gasteiger partial charge is 0.339 e. The smallest absolute Gasteiger partial charge is 0.257 e. The van der Waals surface area contributed by atoms with Crippen molar-refractivity contribution in [3.8, 4) is 0 Å². The number of hydrogen-bond donors (Lipinski definition) is 0. The third-order valence-electron chi connectivity index (χ3n) is 4.34. The summed E-state index contributed by atoms with van der Waals surface area (Å²) in [6.45, 7) is 3.75. The van der Waals surface area contributed by atoms with Gasteiger partial charge in [-0.15, -0.1) is 0 Å². The van der Waals surface area contributed by atoms with E-state index in [1.807, 2.05) is 42.3 Å². The molecule has 0 bridgehead atoms. The van der Waals surface area contributed by atoms with Gasteiger partial charge in [-0.2, -0.15) is 0 Å². The van der Waals surface area contributed by atoms with Gasteiger partial charge in [0.2, 0.25) is 11.9 Å². The van der Waals surface area contributed by atoms with Crippen LogP contribution in [0.15, 0.2) is 42.7 Å². The molecule has 1 aliphatic rings. The van der Waals surface area contributed by atoms with Crippen molar-refractivity contribution in [2.75, 3.05) is 38.1 Å². The molecule has 0 saturated carbocycles. The summed E-state index contributed by atoms with van der Waals surface area (Å²) < 4.78 is 0. The van der Waals surface area contributed by atoms with Gasteiger partial charge in [0.15, 0.2) is 0 Å². The first-order valence-corrected chi connectivity index (χ1v) is 8.22. The van der Waals surface area contributed by atoms with Gasteiger partial charge in [-0.3, -0.25) is 9.59 Å². The lowest BCUT2D eigenvalue weighted by Crippen LogP contribution is -2.50. The summed E-state index contributed by atoms with van der Waals surface area (Å²) in [7, 11) is 1.88. The van der Waals surface area contributed by atoms with Crippen molar-refractivity contribution in [3.05, 3.63) is 48.3 Å². The van der Waals surface area contributed by atoms with Gasteiger partial charge in [0, 0.05) is 58.2 Å². The summed E-state index contributed by atoms with van der Waals surface area (Å²) in [6.07, 6.45) is 3.11. The second-order valence-corrected chi connectivity index (χ2v) is 5.96. The first kappa shape index (κ1) is 16.9. The number of benzene rings is 1. The van der Waals surface area contributed by atoms with E-state index in [1.165, 1.54) is 0 Å². The molecule has 0 unspecified atom stereocenters. The predicted molar refractivity (Wildman–Crippen MR) is 94.7 cm³/mol. The third-order valence-corrected chi connectivity index (χ3v) is 4.34. The van der Waals surface area contributed by atoms with Crippen LogP contribution in [0.5, 0.6) is 0 Å². The molecule has 7 nitrogen and oxygen atoms in total. The molecule has 0 atom stereocenters. The average Bonchev–Trinajstić information content (AvgIpc) is 2.67. The second kappa shape index (κ2) is 7.29. The fourth-order valence-electron chi connectivity index (χ4n) is 2.78. The Balaban J connectivity index is 1.66. The molecule has 1 fully saturated rings. The number of carbonyl (C=O) groups excluding carboxylic acids is 2. The summed E-state index contributed by atoms with van der Waals surface area (Å²) in [6, 6.07) is 9.79. The van der Waals surface area contributed by atoms with Crippen molar-refractivity contribution < 1.29 is 9.59 Å². The van der Waals surface area contributed by atoms with E-state index in [0.717, 1.165) is 5.69 Å². The Morgan fingerprint density at radius 3 is 2.08 bits per heavy atom. The van der Waals surface area contributed by atoms with Crippen LogP contribution in [-0.4, -0.2) is 64.8 Å². The minimum Gasteiger partial charge on any atom is -0.339 e. The van der Waals surface area contributed by atoms with Crippen molar-refractivity contribution in [3.63, 3.8) is 0 Å². The zero-order valence-corrected chi connectivity index (χ0v) is 14.4. The molecule has 25 heavy (non-hydrogen) atoms. The summed E-state index contributed by atoms with van der Waals surface area (Å²) in [5.41, 5.74) is 1.43. The van der Waals surface area contributed by atoms with Crippen LogP contribution < -0.4 is 4.90 Å². The topological polar surface area (TPSA) is 69.6 Å². The predicted octanol–water partition coefficient (Wildman–Crippen LogP) is 1.55. The molecule has 0 aliphatic carbocycles. The number of para-hydroxylation sites is 1. The number of aromatic nitrogens is 2. The van der Waals surface area contributed by atoms with Crippen LogP contribution in [0.25, 0.3) is 0 Å². The molecule has 1 saturated heterocycles. The maximum atomic E-state index is 12.6. The average molecular weight is 339 g/mol. The number of piperazine rings is 1.